The molecule has 0 saturated carbocycles. The predicted octanol–water partition coefficient (Wildman–Crippen LogP) is 5.77. The van der Waals surface area contributed by atoms with Crippen LogP contribution in [0.2, 0.25) is 5.02 Å². The zero-order valence-corrected chi connectivity index (χ0v) is 21.8. The highest BCUT2D eigenvalue weighted by Gasteiger charge is 2.37. The van der Waals surface area contributed by atoms with Crippen molar-refractivity contribution in [1.29, 1.82) is 0 Å². The van der Waals surface area contributed by atoms with Gasteiger partial charge in [0.2, 0.25) is 0 Å². The minimum atomic E-state index is -0.836. The highest BCUT2D eigenvalue weighted by molar-refractivity contribution is 6.39. The van der Waals surface area contributed by atoms with Crippen molar-refractivity contribution in [2.24, 2.45) is 0 Å². The van der Waals surface area contributed by atoms with E-state index >= 15 is 0 Å². The number of urea groups is 1. The number of carbonyl (C=O) groups excluding carboxylic acids is 3. The van der Waals surface area contributed by atoms with Gasteiger partial charge in [-0.25, -0.2) is 9.69 Å². The van der Waals surface area contributed by atoms with Crippen molar-refractivity contribution in [2.45, 2.75) is 26.4 Å². The van der Waals surface area contributed by atoms with Crippen LogP contribution in [0.5, 0.6) is 17.2 Å². The van der Waals surface area contributed by atoms with Gasteiger partial charge in [-0.05, 0) is 60.0 Å². The van der Waals surface area contributed by atoms with Crippen LogP contribution in [0, 0.1) is 0 Å². The van der Waals surface area contributed by atoms with Crippen LogP contribution < -0.4 is 24.4 Å². The number of hydrogen-bond acceptors (Lipinski definition) is 6. The number of nitrogens with one attached hydrogen (secondary N) is 1. The molecule has 0 aliphatic carbocycles. The Morgan fingerprint density at radius 1 is 0.974 bits per heavy atom. The lowest BCUT2D eigenvalue weighted by molar-refractivity contribution is -0.122. The van der Waals surface area contributed by atoms with Gasteiger partial charge in [0.15, 0.2) is 11.5 Å². The Bertz CT molecular complexity index is 1360. The minimum Gasteiger partial charge on any atom is -0.494 e. The number of anilines is 1. The number of ether oxygens (including phenoxy) is 3. The number of benzene rings is 3. The minimum absolute atomic E-state index is 0.232. The van der Waals surface area contributed by atoms with Gasteiger partial charge in [0.25, 0.3) is 11.8 Å². The quantitative estimate of drug-likeness (QED) is 0.201. The van der Waals surface area contributed by atoms with Crippen molar-refractivity contribution in [3.8, 4) is 17.2 Å². The zero-order valence-electron chi connectivity index (χ0n) is 21.0. The average Bonchev–Trinajstić information content (AvgIpc) is 2.91. The molecule has 1 N–H and O–H groups in total. The molecule has 1 heterocycles. The lowest BCUT2D eigenvalue weighted by Crippen LogP contribution is -2.54. The number of amides is 4. The highest BCUT2D eigenvalue weighted by Crippen LogP contribution is 2.38. The van der Waals surface area contributed by atoms with Crippen molar-refractivity contribution >= 4 is 41.2 Å². The van der Waals surface area contributed by atoms with E-state index < -0.39 is 17.8 Å². The number of methoxy groups -OCH3 is 1. The van der Waals surface area contributed by atoms with Crippen LogP contribution in [0.4, 0.5) is 10.5 Å². The first-order chi connectivity index (χ1) is 18.4. The normalized spacial score (nSPS) is 14.4. The first-order valence-corrected chi connectivity index (χ1v) is 12.5. The van der Waals surface area contributed by atoms with E-state index in [-0.39, 0.29) is 17.2 Å². The van der Waals surface area contributed by atoms with Gasteiger partial charge in [0.1, 0.15) is 17.9 Å². The highest BCUT2D eigenvalue weighted by atomic mass is 35.5. The Hall–Kier alpha value is -4.30. The molecule has 196 valence electrons. The standard InChI is InChI=1S/C29H27ClN2O6/c1-3-4-14-37-22-12-10-21(11-13-22)32-28(34)23(27(33)31-29(32)35)15-20-16-24(30)26(25(17-20)36-2)38-18-19-8-6-5-7-9-19/h5-13,15-17H,3-4,14,18H2,1-2H3,(H,31,33,35)/b23-15-. The van der Waals surface area contributed by atoms with Crippen molar-refractivity contribution in [3.63, 3.8) is 0 Å². The van der Waals surface area contributed by atoms with Crippen molar-refractivity contribution < 1.29 is 28.6 Å². The summed E-state index contributed by atoms with van der Waals surface area (Å²) in [6.07, 6.45) is 3.28. The summed E-state index contributed by atoms with van der Waals surface area (Å²) in [6, 6.07) is 18.4. The van der Waals surface area contributed by atoms with Crippen molar-refractivity contribution in [1.82, 2.24) is 5.32 Å². The fourth-order valence-corrected chi connectivity index (χ4v) is 4.05. The maximum absolute atomic E-state index is 13.3. The van der Waals surface area contributed by atoms with Crippen LogP contribution in [0.25, 0.3) is 6.08 Å². The van der Waals surface area contributed by atoms with Gasteiger partial charge in [0.05, 0.1) is 24.4 Å². The molecule has 0 aromatic heterocycles. The molecule has 3 aromatic carbocycles. The van der Waals surface area contributed by atoms with Crippen LogP contribution in [-0.4, -0.2) is 31.6 Å². The summed E-state index contributed by atoms with van der Waals surface area (Å²) in [5.74, 6) is -0.295. The third kappa shape index (κ3) is 6.15. The second-order valence-corrected chi connectivity index (χ2v) is 8.87. The van der Waals surface area contributed by atoms with Crippen molar-refractivity contribution in [3.05, 3.63) is 88.5 Å². The second kappa shape index (κ2) is 12.3. The molecular weight excluding hydrogens is 508 g/mol. The Morgan fingerprint density at radius 3 is 2.39 bits per heavy atom. The summed E-state index contributed by atoms with van der Waals surface area (Å²) < 4.78 is 17.0. The van der Waals surface area contributed by atoms with Crippen molar-refractivity contribution in [2.75, 3.05) is 18.6 Å². The van der Waals surface area contributed by atoms with Gasteiger partial charge in [-0.1, -0.05) is 55.3 Å². The van der Waals surface area contributed by atoms with Gasteiger partial charge in [0, 0.05) is 0 Å². The molecule has 8 nitrogen and oxygen atoms in total. The number of unbranched alkanes of at least 4 members (excludes halogenated alkanes) is 1. The van der Waals surface area contributed by atoms with Gasteiger partial charge in [-0.2, -0.15) is 0 Å². The summed E-state index contributed by atoms with van der Waals surface area (Å²) in [7, 11) is 1.46. The van der Waals surface area contributed by atoms with Gasteiger partial charge in [-0.3, -0.25) is 14.9 Å². The topological polar surface area (TPSA) is 94.2 Å². The number of halogens is 1. The summed E-state index contributed by atoms with van der Waals surface area (Å²) >= 11 is 6.48. The lowest BCUT2D eigenvalue weighted by atomic mass is 10.1. The fourth-order valence-electron chi connectivity index (χ4n) is 3.78. The number of carbonyl (C=O) groups is 3. The first-order valence-electron chi connectivity index (χ1n) is 12.1. The number of hydrogen-bond donors (Lipinski definition) is 1. The van der Waals surface area contributed by atoms with Crippen LogP contribution in [0.15, 0.2) is 72.3 Å². The van der Waals surface area contributed by atoms with E-state index in [1.54, 1.807) is 36.4 Å². The second-order valence-electron chi connectivity index (χ2n) is 8.46. The largest absolute Gasteiger partial charge is 0.494 e. The van der Waals surface area contributed by atoms with E-state index in [9.17, 15) is 14.4 Å². The maximum Gasteiger partial charge on any atom is 0.335 e. The van der Waals surface area contributed by atoms with Crippen LogP contribution in [0.3, 0.4) is 0 Å². The fraction of sp³-hybridized carbons (Fsp3) is 0.207. The molecule has 4 amide bonds. The predicted molar refractivity (Wildman–Crippen MR) is 145 cm³/mol. The Morgan fingerprint density at radius 2 is 1.71 bits per heavy atom. The van der Waals surface area contributed by atoms with E-state index in [0.29, 0.717) is 35.1 Å². The number of barbiturate groups is 1. The molecule has 0 atom stereocenters. The van der Waals surface area contributed by atoms with Crippen LogP contribution in [0.1, 0.15) is 30.9 Å². The van der Waals surface area contributed by atoms with Gasteiger partial charge < -0.3 is 14.2 Å². The third-order valence-corrected chi connectivity index (χ3v) is 6.03. The molecule has 3 aromatic rings. The molecular formula is C29H27ClN2O6. The Balaban J connectivity index is 1.57. The Labute approximate surface area is 225 Å². The molecule has 38 heavy (non-hydrogen) atoms. The van der Waals surface area contributed by atoms with E-state index in [1.165, 1.54) is 13.2 Å². The third-order valence-electron chi connectivity index (χ3n) is 5.75. The summed E-state index contributed by atoms with van der Waals surface area (Å²) in [5, 5.41) is 2.46. The molecule has 9 heteroatoms. The molecule has 0 unspecified atom stereocenters. The van der Waals surface area contributed by atoms with Gasteiger partial charge >= 0.3 is 6.03 Å². The van der Waals surface area contributed by atoms with E-state index in [2.05, 4.69) is 12.2 Å². The molecule has 1 saturated heterocycles. The maximum atomic E-state index is 13.3. The lowest BCUT2D eigenvalue weighted by Gasteiger charge is -2.26. The molecule has 0 spiro atoms. The first kappa shape index (κ1) is 26.8. The smallest absolute Gasteiger partial charge is 0.335 e. The summed E-state index contributed by atoms with van der Waals surface area (Å²) in [4.78, 5) is 39.3. The van der Waals surface area contributed by atoms with Gasteiger partial charge in [-0.15, -0.1) is 0 Å². The Kier molecular flexibility index (Phi) is 8.66. The molecule has 1 aliphatic heterocycles. The summed E-state index contributed by atoms with van der Waals surface area (Å²) in [5.41, 5.74) is 1.44. The molecule has 0 bridgehead atoms. The van der Waals surface area contributed by atoms with Crippen LogP contribution >= 0.6 is 11.6 Å². The molecule has 1 fully saturated rings. The van der Waals surface area contributed by atoms with E-state index in [1.807, 2.05) is 30.3 Å². The van der Waals surface area contributed by atoms with Crippen LogP contribution in [-0.2, 0) is 16.2 Å². The molecule has 0 radical (unpaired) electrons. The number of nitrogens with zero attached hydrogens (tertiary/aromatic N) is 1. The SMILES string of the molecule is CCCCOc1ccc(N2C(=O)NC(=O)/C(=C/c3cc(Cl)c(OCc4ccccc4)c(OC)c3)C2=O)cc1. The molecule has 4 rings (SSSR count). The number of imide groups is 2. The van der Waals surface area contributed by atoms with E-state index in [4.69, 9.17) is 25.8 Å². The van der Waals surface area contributed by atoms with E-state index in [0.717, 1.165) is 23.3 Å². The number of rotatable bonds is 10. The average molecular weight is 535 g/mol. The zero-order chi connectivity index (χ0) is 27.1. The molecule has 1 aliphatic rings. The summed E-state index contributed by atoms with van der Waals surface area (Å²) in [6.45, 7) is 2.91. The monoisotopic (exact) mass is 534 g/mol.